The van der Waals surface area contributed by atoms with E-state index in [4.69, 9.17) is 5.11 Å². The highest BCUT2D eigenvalue weighted by molar-refractivity contribution is 5.95. The zero-order valence-corrected chi connectivity index (χ0v) is 11.2. The van der Waals surface area contributed by atoms with Crippen LogP contribution in [0.25, 0.3) is 0 Å². The molecule has 0 unspecified atom stereocenters. The summed E-state index contributed by atoms with van der Waals surface area (Å²) in [4.78, 5) is 35.5. The molecule has 0 radical (unpaired) electrons. The summed E-state index contributed by atoms with van der Waals surface area (Å²) in [7, 11) is 0. The van der Waals surface area contributed by atoms with Gasteiger partial charge in [-0.1, -0.05) is 19.1 Å². The predicted octanol–water partition coefficient (Wildman–Crippen LogP) is -0.348. The SMILES string of the molecule is CC(C)c1c(C(=O)O)nnn1CC(=O)N1CCNC1=O. The predicted molar refractivity (Wildman–Crippen MR) is 66.2 cm³/mol. The molecule has 9 heteroatoms. The summed E-state index contributed by atoms with van der Waals surface area (Å²) < 4.78 is 1.24. The Morgan fingerprint density at radius 1 is 1.45 bits per heavy atom. The quantitative estimate of drug-likeness (QED) is 0.779. The van der Waals surface area contributed by atoms with E-state index in [1.807, 2.05) is 0 Å². The van der Waals surface area contributed by atoms with Gasteiger partial charge in [-0.3, -0.25) is 9.69 Å². The lowest BCUT2D eigenvalue weighted by atomic mass is 10.1. The molecule has 1 saturated heterocycles. The van der Waals surface area contributed by atoms with Gasteiger partial charge in [-0.05, 0) is 5.92 Å². The van der Waals surface area contributed by atoms with Crippen LogP contribution in [0.3, 0.4) is 0 Å². The molecule has 0 spiro atoms. The summed E-state index contributed by atoms with van der Waals surface area (Å²) in [6.07, 6.45) is 0. The van der Waals surface area contributed by atoms with Gasteiger partial charge in [0.25, 0.3) is 5.91 Å². The first-order chi connectivity index (χ1) is 9.41. The summed E-state index contributed by atoms with van der Waals surface area (Å²) in [6, 6.07) is -0.445. The number of rotatable bonds is 4. The van der Waals surface area contributed by atoms with Gasteiger partial charge in [-0.25, -0.2) is 14.3 Å². The van der Waals surface area contributed by atoms with Crippen molar-refractivity contribution in [2.75, 3.05) is 13.1 Å². The number of nitrogens with zero attached hydrogens (tertiary/aromatic N) is 4. The fourth-order valence-corrected chi connectivity index (χ4v) is 2.08. The average Bonchev–Trinajstić information content (AvgIpc) is 2.95. The molecule has 1 aromatic heterocycles. The van der Waals surface area contributed by atoms with Crippen LogP contribution in [0.15, 0.2) is 0 Å². The van der Waals surface area contributed by atoms with Crippen LogP contribution < -0.4 is 5.32 Å². The number of hydrogen-bond donors (Lipinski definition) is 2. The number of nitrogens with one attached hydrogen (secondary N) is 1. The van der Waals surface area contributed by atoms with Crippen LogP contribution in [0.1, 0.15) is 35.9 Å². The zero-order chi connectivity index (χ0) is 14.9. The maximum absolute atomic E-state index is 12.0. The molecule has 2 heterocycles. The Morgan fingerprint density at radius 3 is 2.65 bits per heavy atom. The maximum Gasteiger partial charge on any atom is 0.358 e. The number of aromatic nitrogens is 3. The van der Waals surface area contributed by atoms with Gasteiger partial charge in [-0.15, -0.1) is 5.10 Å². The van der Waals surface area contributed by atoms with Crippen LogP contribution in [-0.2, 0) is 11.3 Å². The zero-order valence-electron chi connectivity index (χ0n) is 11.2. The number of carboxylic acid groups (broad SMARTS) is 1. The lowest BCUT2D eigenvalue weighted by molar-refractivity contribution is -0.128. The number of amides is 3. The lowest BCUT2D eigenvalue weighted by Gasteiger charge is -2.14. The van der Waals surface area contributed by atoms with Crippen molar-refractivity contribution >= 4 is 17.9 Å². The summed E-state index contributed by atoms with van der Waals surface area (Å²) in [5.41, 5.74) is 0.198. The Kier molecular flexibility index (Phi) is 3.68. The van der Waals surface area contributed by atoms with Gasteiger partial charge in [0.05, 0.1) is 5.69 Å². The third-order valence-electron chi connectivity index (χ3n) is 2.97. The van der Waals surface area contributed by atoms with Gasteiger partial charge in [-0.2, -0.15) is 0 Å². The molecule has 1 fully saturated rings. The van der Waals surface area contributed by atoms with Gasteiger partial charge in [0.15, 0.2) is 5.69 Å². The summed E-state index contributed by atoms with van der Waals surface area (Å²) in [5, 5.41) is 18.8. The Hall–Kier alpha value is -2.45. The van der Waals surface area contributed by atoms with Crippen molar-refractivity contribution in [1.82, 2.24) is 25.2 Å². The minimum Gasteiger partial charge on any atom is -0.476 e. The van der Waals surface area contributed by atoms with E-state index in [-0.39, 0.29) is 18.2 Å². The second-order valence-corrected chi connectivity index (χ2v) is 4.72. The smallest absolute Gasteiger partial charge is 0.358 e. The molecule has 1 aliphatic heterocycles. The van der Waals surface area contributed by atoms with Crippen molar-refractivity contribution in [3.8, 4) is 0 Å². The molecular formula is C11H15N5O4. The molecular weight excluding hydrogens is 266 g/mol. The number of carbonyl (C=O) groups is 3. The normalized spacial score (nSPS) is 14.8. The number of hydrogen-bond acceptors (Lipinski definition) is 5. The largest absolute Gasteiger partial charge is 0.476 e. The minimum atomic E-state index is -1.19. The fraction of sp³-hybridized carbons (Fsp3) is 0.545. The Bertz CT molecular complexity index is 565. The highest BCUT2D eigenvalue weighted by Gasteiger charge is 2.28. The number of carboxylic acids is 1. The first kappa shape index (κ1) is 14.0. The number of urea groups is 1. The number of imide groups is 1. The summed E-state index contributed by atoms with van der Waals surface area (Å²) >= 11 is 0. The molecule has 3 amide bonds. The molecule has 108 valence electrons. The maximum atomic E-state index is 12.0. The van der Waals surface area contributed by atoms with Crippen molar-refractivity contribution in [2.24, 2.45) is 0 Å². The Balaban J connectivity index is 2.23. The van der Waals surface area contributed by atoms with Crippen molar-refractivity contribution in [1.29, 1.82) is 0 Å². The van der Waals surface area contributed by atoms with Crippen LogP contribution in [0.4, 0.5) is 4.79 Å². The molecule has 0 aromatic carbocycles. The Labute approximate surface area is 114 Å². The standard InChI is InChI=1S/C11H15N5O4/c1-6(2)9-8(10(18)19)13-14-16(9)5-7(17)15-4-3-12-11(15)20/h6H,3-5H2,1-2H3,(H,12,20)(H,18,19). The van der Waals surface area contributed by atoms with Gasteiger partial charge in [0.2, 0.25) is 0 Å². The van der Waals surface area contributed by atoms with Crippen molar-refractivity contribution < 1.29 is 19.5 Å². The molecule has 1 aliphatic rings. The van der Waals surface area contributed by atoms with Gasteiger partial charge in [0.1, 0.15) is 6.54 Å². The first-order valence-electron chi connectivity index (χ1n) is 6.16. The van der Waals surface area contributed by atoms with E-state index in [1.54, 1.807) is 13.8 Å². The van der Waals surface area contributed by atoms with Gasteiger partial charge in [0, 0.05) is 13.1 Å². The van der Waals surface area contributed by atoms with E-state index in [9.17, 15) is 14.4 Å². The van der Waals surface area contributed by atoms with E-state index in [0.717, 1.165) is 4.90 Å². The Morgan fingerprint density at radius 2 is 2.15 bits per heavy atom. The lowest BCUT2D eigenvalue weighted by Crippen LogP contribution is -2.37. The molecule has 2 rings (SSSR count). The minimum absolute atomic E-state index is 0.156. The second kappa shape index (κ2) is 5.27. The number of carbonyl (C=O) groups excluding carboxylic acids is 2. The van der Waals surface area contributed by atoms with Crippen LogP contribution in [0, 0.1) is 0 Å². The van der Waals surface area contributed by atoms with Crippen LogP contribution in [-0.4, -0.2) is 56.0 Å². The molecule has 20 heavy (non-hydrogen) atoms. The molecule has 0 saturated carbocycles. The van der Waals surface area contributed by atoms with E-state index < -0.39 is 17.9 Å². The van der Waals surface area contributed by atoms with Crippen LogP contribution >= 0.6 is 0 Å². The second-order valence-electron chi connectivity index (χ2n) is 4.72. The van der Waals surface area contributed by atoms with E-state index >= 15 is 0 Å². The summed E-state index contributed by atoms with van der Waals surface area (Å²) in [5.74, 6) is -1.79. The highest BCUT2D eigenvalue weighted by Crippen LogP contribution is 2.17. The summed E-state index contributed by atoms with van der Waals surface area (Å²) in [6.45, 7) is 4.08. The number of aromatic carboxylic acids is 1. The molecule has 0 aliphatic carbocycles. The van der Waals surface area contributed by atoms with Crippen molar-refractivity contribution in [3.63, 3.8) is 0 Å². The van der Waals surface area contributed by atoms with E-state index in [2.05, 4.69) is 15.6 Å². The first-order valence-corrected chi connectivity index (χ1v) is 6.16. The van der Waals surface area contributed by atoms with E-state index in [0.29, 0.717) is 18.8 Å². The van der Waals surface area contributed by atoms with Crippen molar-refractivity contribution in [2.45, 2.75) is 26.3 Å². The molecule has 0 atom stereocenters. The highest BCUT2D eigenvalue weighted by atomic mass is 16.4. The third-order valence-corrected chi connectivity index (χ3v) is 2.97. The average molecular weight is 281 g/mol. The van der Waals surface area contributed by atoms with Crippen molar-refractivity contribution in [3.05, 3.63) is 11.4 Å². The third kappa shape index (κ3) is 2.46. The van der Waals surface area contributed by atoms with Gasteiger partial charge >= 0.3 is 12.0 Å². The van der Waals surface area contributed by atoms with Crippen LogP contribution in [0.2, 0.25) is 0 Å². The molecule has 0 bridgehead atoms. The fourth-order valence-electron chi connectivity index (χ4n) is 2.08. The van der Waals surface area contributed by atoms with E-state index in [1.165, 1.54) is 4.68 Å². The molecule has 2 N–H and O–H groups in total. The topological polar surface area (TPSA) is 117 Å². The monoisotopic (exact) mass is 281 g/mol. The van der Waals surface area contributed by atoms with Gasteiger partial charge < -0.3 is 10.4 Å². The van der Waals surface area contributed by atoms with Crippen LogP contribution in [0.5, 0.6) is 0 Å². The molecule has 9 nitrogen and oxygen atoms in total. The molecule has 1 aromatic rings.